The Balaban J connectivity index is 1.99. The van der Waals surface area contributed by atoms with Crippen LogP contribution in [0.4, 0.5) is 0 Å². The fourth-order valence-electron chi connectivity index (χ4n) is 3.04. The molecule has 3 rings (SSSR count). The molecule has 29 heavy (non-hydrogen) atoms. The van der Waals surface area contributed by atoms with Gasteiger partial charge in [0, 0.05) is 0 Å². The number of hydrogen-bond donors (Lipinski definition) is 4. The Morgan fingerprint density at radius 1 is 1.21 bits per heavy atom. The summed E-state index contributed by atoms with van der Waals surface area (Å²) in [7, 11) is -4.56. The largest absolute Gasteiger partial charge is 0.469 e. The van der Waals surface area contributed by atoms with Gasteiger partial charge in [0.15, 0.2) is 11.5 Å². The number of phosphoric ester groups is 1. The molecule has 4 N–H and O–H groups in total. The van der Waals surface area contributed by atoms with Crippen molar-refractivity contribution in [3.05, 3.63) is 44.1 Å². The van der Waals surface area contributed by atoms with Crippen LogP contribution in [0.1, 0.15) is 24.0 Å². The molecular formula is C17H21N4O7P. The maximum absolute atomic E-state index is 12.2. The van der Waals surface area contributed by atoms with Crippen LogP contribution in [0.25, 0.3) is 22.6 Å². The molecule has 0 unspecified atom stereocenters. The fourth-order valence-corrected chi connectivity index (χ4v) is 3.41. The normalized spacial score (nSPS) is 13.3. The molecule has 2 aliphatic heterocycles. The Bertz CT molecular complexity index is 1180. The quantitative estimate of drug-likeness (QED) is 0.239. The number of aliphatic hydroxyl groups excluding tert-OH is 1. The molecule has 12 heteroatoms. The van der Waals surface area contributed by atoms with Crippen LogP contribution < -0.4 is 11.2 Å². The highest BCUT2D eigenvalue weighted by atomic mass is 31.2. The van der Waals surface area contributed by atoms with Gasteiger partial charge >= 0.3 is 13.5 Å². The molecule has 0 amide bonds. The number of aromatic amines is 1. The van der Waals surface area contributed by atoms with Crippen LogP contribution in [-0.2, 0) is 15.6 Å². The van der Waals surface area contributed by atoms with Crippen LogP contribution in [-0.4, -0.2) is 47.1 Å². The maximum Gasteiger partial charge on any atom is 0.469 e. The van der Waals surface area contributed by atoms with Gasteiger partial charge in [-0.1, -0.05) is 0 Å². The molecule has 0 bridgehead atoms. The predicted molar refractivity (Wildman–Crippen MR) is 104 cm³/mol. The summed E-state index contributed by atoms with van der Waals surface area (Å²) in [5.41, 5.74) is 1.55. The van der Waals surface area contributed by atoms with E-state index in [-0.39, 0.29) is 37.5 Å². The van der Waals surface area contributed by atoms with Crippen LogP contribution in [0.15, 0.2) is 21.7 Å². The van der Waals surface area contributed by atoms with Crippen molar-refractivity contribution in [2.75, 3.05) is 6.61 Å². The van der Waals surface area contributed by atoms with E-state index in [0.29, 0.717) is 11.0 Å². The summed E-state index contributed by atoms with van der Waals surface area (Å²) in [6.07, 6.45) is -0.560. The van der Waals surface area contributed by atoms with Gasteiger partial charge in [-0.2, -0.15) is 4.98 Å². The Hall–Kier alpha value is -2.43. The van der Waals surface area contributed by atoms with E-state index in [9.17, 15) is 19.3 Å². The number of phosphoric acid groups is 1. The highest BCUT2D eigenvalue weighted by Gasteiger charge is 2.21. The van der Waals surface area contributed by atoms with E-state index in [1.54, 1.807) is 4.57 Å². The highest BCUT2D eigenvalue weighted by molar-refractivity contribution is 7.46. The molecule has 2 aliphatic rings. The predicted octanol–water partition coefficient (Wildman–Crippen LogP) is 0.452. The SMILES string of the molecule is Cc1cc2nc3c(=O)[nH]c(=O)nc-3n(C[C@H](O)CCCOP(=O)(O)O)c2cc1C. The summed E-state index contributed by atoms with van der Waals surface area (Å²) in [5, 5.41) is 10.4. The van der Waals surface area contributed by atoms with Gasteiger partial charge in [-0.3, -0.25) is 14.3 Å². The third kappa shape index (κ3) is 4.95. The van der Waals surface area contributed by atoms with Crippen molar-refractivity contribution in [2.24, 2.45) is 0 Å². The summed E-state index contributed by atoms with van der Waals surface area (Å²) in [6.45, 7) is 3.60. The van der Waals surface area contributed by atoms with Gasteiger partial charge < -0.3 is 19.5 Å². The fraction of sp³-hybridized carbons (Fsp3) is 0.412. The summed E-state index contributed by atoms with van der Waals surface area (Å²) >= 11 is 0. The first-order chi connectivity index (χ1) is 13.5. The first kappa shape index (κ1) is 21.3. The molecule has 0 fully saturated rings. The highest BCUT2D eigenvalue weighted by Crippen LogP contribution is 2.35. The molecule has 0 saturated heterocycles. The van der Waals surface area contributed by atoms with E-state index >= 15 is 0 Å². The van der Waals surface area contributed by atoms with E-state index in [2.05, 4.69) is 19.5 Å². The lowest BCUT2D eigenvalue weighted by molar-refractivity contribution is 0.128. The average molecular weight is 424 g/mol. The number of nitrogens with zero attached hydrogens (tertiary/aromatic N) is 3. The van der Waals surface area contributed by atoms with Gasteiger partial charge in [0.25, 0.3) is 5.56 Å². The van der Waals surface area contributed by atoms with Crippen molar-refractivity contribution in [1.29, 1.82) is 0 Å². The van der Waals surface area contributed by atoms with E-state index in [1.807, 2.05) is 26.0 Å². The zero-order valence-electron chi connectivity index (χ0n) is 15.8. The number of nitrogens with one attached hydrogen (secondary N) is 1. The number of benzene rings is 1. The summed E-state index contributed by atoms with van der Waals surface area (Å²) in [6, 6.07) is 3.65. The molecule has 156 valence electrons. The van der Waals surface area contributed by atoms with E-state index < -0.39 is 25.2 Å². The number of aliphatic hydroxyl groups is 1. The van der Waals surface area contributed by atoms with Crippen molar-refractivity contribution in [2.45, 2.75) is 39.3 Å². The minimum Gasteiger partial charge on any atom is -0.391 e. The maximum atomic E-state index is 12.2. The minimum absolute atomic E-state index is 0.00379. The second kappa shape index (κ2) is 8.13. The molecule has 1 aromatic carbocycles. The van der Waals surface area contributed by atoms with Crippen molar-refractivity contribution in [1.82, 2.24) is 19.5 Å². The Morgan fingerprint density at radius 3 is 2.59 bits per heavy atom. The monoisotopic (exact) mass is 424 g/mol. The second-order valence-corrected chi connectivity index (χ2v) is 8.05. The van der Waals surface area contributed by atoms with Gasteiger partial charge in [-0.25, -0.2) is 14.3 Å². The number of rotatable bonds is 7. The number of H-pyrrole nitrogens is 1. The van der Waals surface area contributed by atoms with E-state index in [4.69, 9.17) is 9.79 Å². The zero-order valence-corrected chi connectivity index (χ0v) is 16.7. The van der Waals surface area contributed by atoms with Crippen molar-refractivity contribution in [3.8, 4) is 11.5 Å². The Morgan fingerprint density at radius 2 is 1.90 bits per heavy atom. The van der Waals surface area contributed by atoms with Gasteiger partial charge in [0.1, 0.15) is 0 Å². The summed E-state index contributed by atoms with van der Waals surface area (Å²) < 4.78 is 16.6. The van der Waals surface area contributed by atoms with E-state index in [0.717, 1.165) is 11.1 Å². The Labute approximate surface area is 164 Å². The third-order valence-electron chi connectivity index (χ3n) is 4.56. The standard InChI is InChI=1S/C17H21N4O7P/c1-9-6-12-13(7-10(9)2)21(8-11(22)4-3-5-28-29(25,26)27)15-14(18-12)16(23)20-17(24)19-15/h6-7,11,22H,3-5,8H2,1-2H3,(H,20,23,24)(H2,25,26,27)/t11-/m1/s1. The molecular weight excluding hydrogens is 403 g/mol. The third-order valence-corrected chi connectivity index (χ3v) is 5.08. The first-order valence-electron chi connectivity index (χ1n) is 8.85. The molecule has 0 aromatic heterocycles. The lowest BCUT2D eigenvalue weighted by Gasteiger charge is -2.20. The lowest BCUT2D eigenvalue weighted by atomic mass is 10.1. The lowest BCUT2D eigenvalue weighted by Crippen LogP contribution is -2.30. The summed E-state index contributed by atoms with van der Waals surface area (Å²) in [5.74, 6) is 0.0556. The van der Waals surface area contributed by atoms with Crippen LogP contribution in [0.3, 0.4) is 0 Å². The topological polar surface area (TPSA) is 168 Å². The molecule has 1 aromatic rings. The number of fused-ring (bicyclic) bond motifs is 2. The molecule has 1 atom stereocenters. The second-order valence-electron chi connectivity index (χ2n) is 6.81. The zero-order chi connectivity index (χ0) is 21.3. The molecule has 2 heterocycles. The average Bonchev–Trinajstić information content (AvgIpc) is 2.60. The number of hydrogen-bond acceptors (Lipinski definition) is 7. The number of aryl methyl sites for hydroxylation is 2. The van der Waals surface area contributed by atoms with Crippen LogP contribution in [0, 0.1) is 13.8 Å². The molecule has 11 nitrogen and oxygen atoms in total. The molecule has 0 spiro atoms. The molecule has 0 saturated carbocycles. The smallest absolute Gasteiger partial charge is 0.391 e. The van der Waals surface area contributed by atoms with Crippen LogP contribution in [0.5, 0.6) is 0 Å². The first-order valence-corrected chi connectivity index (χ1v) is 10.4. The molecule has 0 radical (unpaired) electrons. The summed E-state index contributed by atoms with van der Waals surface area (Å²) in [4.78, 5) is 51.7. The van der Waals surface area contributed by atoms with Gasteiger partial charge in [-0.15, -0.1) is 0 Å². The van der Waals surface area contributed by atoms with Gasteiger partial charge in [-0.05, 0) is 49.9 Å². The number of aromatic nitrogens is 4. The molecule has 0 aliphatic carbocycles. The van der Waals surface area contributed by atoms with Crippen molar-refractivity contribution >= 4 is 18.9 Å². The minimum atomic E-state index is -4.56. The Kier molecular flexibility index (Phi) is 5.97. The van der Waals surface area contributed by atoms with Crippen LogP contribution >= 0.6 is 7.82 Å². The van der Waals surface area contributed by atoms with Crippen molar-refractivity contribution < 1.29 is 24.0 Å². The van der Waals surface area contributed by atoms with Crippen molar-refractivity contribution in [3.63, 3.8) is 0 Å². The van der Waals surface area contributed by atoms with E-state index in [1.165, 1.54) is 0 Å². The van der Waals surface area contributed by atoms with Gasteiger partial charge in [0.2, 0.25) is 0 Å². The van der Waals surface area contributed by atoms with Crippen LogP contribution in [0.2, 0.25) is 0 Å². The van der Waals surface area contributed by atoms with Gasteiger partial charge in [0.05, 0.1) is 30.3 Å².